The number of ether oxygens (including phenoxy) is 2. The Morgan fingerprint density at radius 1 is 1.03 bits per heavy atom. The molecule has 2 aromatic carbocycles. The Kier molecular flexibility index (Phi) is 7.96. The van der Waals surface area contributed by atoms with Crippen LogP contribution in [0.5, 0.6) is 11.5 Å². The average molecular weight is 435 g/mol. The van der Waals surface area contributed by atoms with E-state index in [9.17, 15) is 18.0 Å². The van der Waals surface area contributed by atoms with Gasteiger partial charge in [-0.15, -0.1) is 0 Å². The highest BCUT2D eigenvalue weighted by molar-refractivity contribution is 7.89. The number of nitrogens with one attached hydrogen (secondary N) is 1. The van der Waals surface area contributed by atoms with E-state index in [-0.39, 0.29) is 29.6 Å². The van der Waals surface area contributed by atoms with Crippen molar-refractivity contribution in [2.75, 3.05) is 33.1 Å². The van der Waals surface area contributed by atoms with Gasteiger partial charge >= 0.3 is 0 Å². The molecule has 0 radical (unpaired) electrons. The largest absolute Gasteiger partial charge is 0.497 e. The molecular formula is C21H26N2O6S. The lowest BCUT2D eigenvalue weighted by Crippen LogP contribution is -2.28. The zero-order valence-electron chi connectivity index (χ0n) is 17.5. The lowest BCUT2D eigenvalue weighted by Gasteiger charge is -2.17. The summed E-state index contributed by atoms with van der Waals surface area (Å²) in [6.07, 6.45) is 0.461. The number of methoxy groups -OCH3 is 2. The van der Waals surface area contributed by atoms with Gasteiger partial charge in [0.15, 0.2) is 5.78 Å². The molecule has 0 fully saturated rings. The Morgan fingerprint density at radius 2 is 1.70 bits per heavy atom. The third kappa shape index (κ3) is 5.80. The maximum absolute atomic E-state index is 12.6. The molecule has 162 valence electrons. The van der Waals surface area contributed by atoms with Gasteiger partial charge in [-0.05, 0) is 37.6 Å². The molecule has 0 aliphatic rings. The predicted molar refractivity (Wildman–Crippen MR) is 114 cm³/mol. The number of rotatable bonds is 10. The second kappa shape index (κ2) is 10.2. The minimum atomic E-state index is -3.70. The number of amides is 1. The molecule has 0 saturated carbocycles. The number of carbonyl (C=O) groups is 2. The van der Waals surface area contributed by atoms with E-state index >= 15 is 0 Å². The summed E-state index contributed by atoms with van der Waals surface area (Å²) in [4.78, 5) is 23.7. The summed E-state index contributed by atoms with van der Waals surface area (Å²) in [5.41, 5.74) is 0.926. The van der Waals surface area contributed by atoms with Crippen molar-refractivity contribution < 1.29 is 27.5 Å². The molecule has 30 heavy (non-hydrogen) atoms. The van der Waals surface area contributed by atoms with Gasteiger partial charge in [-0.25, -0.2) is 12.7 Å². The Hall–Kier alpha value is -2.91. The van der Waals surface area contributed by atoms with Gasteiger partial charge in [0.05, 0.1) is 24.8 Å². The van der Waals surface area contributed by atoms with Crippen molar-refractivity contribution in [3.8, 4) is 11.5 Å². The standard InChI is InChI=1S/C21H26N2O6S/c1-15(24)16-7-10-18(11-8-16)30(26,27)23(2)13-5-6-21(25)22-19-14-17(28-3)9-12-20(19)29-4/h7-12,14H,5-6,13H2,1-4H3,(H,22,25). The number of ketones is 1. The molecule has 8 nitrogen and oxygen atoms in total. The number of Topliss-reactive ketones (excluding diaryl/α,β-unsaturated/α-hetero) is 1. The van der Waals surface area contributed by atoms with Gasteiger partial charge in [-0.1, -0.05) is 12.1 Å². The van der Waals surface area contributed by atoms with Crippen LogP contribution in [0.2, 0.25) is 0 Å². The maximum atomic E-state index is 12.6. The van der Waals surface area contributed by atoms with Crippen LogP contribution < -0.4 is 14.8 Å². The Balaban J connectivity index is 1.94. The summed E-state index contributed by atoms with van der Waals surface area (Å²) in [6, 6.07) is 10.8. The number of benzene rings is 2. The molecule has 0 atom stereocenters. The average Bonchev–Trinajstić information content (AvgIpc) is 2.73. The molecule has 2 rings (SSSR count). The van der Waals surface area contributed by atoms with Gasteiger partial charge in [0.1, 0.15) is 11.5 Å². The van der Waals surface area contributed by atoms with E-state index in [0.29, 0.717) is 29.2 Å². The van der Waals surface area contributed by atoms with Crippen molar-refractivity contribution in [1.29, 1.82) is 0 Å². The third-order valence-corrected chi connectivity index (χ3v) is 6.40. The number of sulfonamides is 1. The summed E-state index contributed by atoms with van der Waals surface area (Å²) in [7, 11) is 0.777. The highest BCUT2D eigenvalue weighted by atomic mass is 32.2. The first kappa shape index (κ1) is 23.4. The van der Waals surface area contributed by atoms with Gasteiger partial charge in [-0.3, -0.25) is 9.59 Å². The molecule has 0 unspecified atom stereocenters. The van der Waals surface area contributed by atoms with Crippen molar-refractivity contribution in [1.82, 2.24) is 4.31 Å². The number of anilines is 1. The van der Waals surface area contributed by atoms with Crippen LogP contribution in [0, 0.1) is 0 Å². The van der Waals surface area contributed by atoms with Crippen LogP contribution in [-0.4, -0.2) is 52.2 Å². The SMILES string of the molecule is COc1ccc(OC)c(NC(=O)CCCN(C)S(=O)(=O)c2ccc(C(C)=O)cc2)c1. The van der Waals surface area contributed by atoms with Crippen LogP contribution in [0.4, 0.5) is 5.69 Å². The Morgan fingerprint density at radius 3 is 2.27 bits per heavy atom. The van der Waals surface area contributed by atoms with Gasteiger partial charge in [-0.2, -0.15) is 0 Å². The third-order valence-electron chi connectivity index (χ3n) is 4.53. The number of nitrogens with zero attached hydrogens (tertiary/aromatic N) is 1. The molecule has 1 amide bonds. The van der Waals surface area contributed by atoms with Crippen LogP contribution in [0.25, 0.3) is 0 Å². The van der Waals surface area contributed by atoms with E-state index in [1.165, 1.54) is 56.8 Å². The predicted octanol–water partition coefficient (Wildman–Crippen LogP) is 2.95. The Bertz CT molecular complexity index is 1000. The molecule has 0 bridgehead atoms. The van der Waals surface area contributed by atoms with Crippen molar-refractivity contribution in [2.24, 2.45) is 0 Å². The van der Waals surface area contributed by atoms with Crippen LogP contribution >= 0.6 is 0 Å². The Labute approximate surface area is 176 Å². The monoisotopic (exact) mass is 434 g/mol. The van der Waals surface area contributed by atoms with Crippen LogP contribution in [0.3, 0.4) is 0 Å². The lowest BCUT2D eigenvalue weighted by atomic mass is 10.2. The van der Waals surface area contributed by atoms with E-state index in [1.54, 1.807) is 18.2 Å². The topological polar surface area (TPSA) is 102 Å². The highest BCUT2D eigenvalue weighted by Crippen LogP contribution is 2.29. The van der Waals surface area contributed by atoms with Gasteiger partial charge < -0.3 is 14.8 Å². The normalized spacial score (nSPS) is 11.2. The summed E-state index contributed by atoms with van der Waals surface area (Å²) < 4.78 is 36.9. The van der Waals surface area contributed by atoms with Crippen molar-refractivity contribution in [3.63, 3.8) is 0 Å². The van der Waals surface area contributed by atoms with Crippen LogP contribution in [0.1, 0.15) is 30.1 Å². The zero-order valence-corrected chi connectivity index (χ0v) is 18.3. The minimum Gasteiger partial charge on any atom is -0.497 e. The fourth-order valence-electron chi connectivity index (χ4n) is 2.75. The summed E-state index contributed by atoms with van der Waals surface area (Å²) >= 11 is 0. The summed E-state index contributed by atoms with van der Waals surface area (Å²) in [5.74, 6) is 0.676. The van der Waals surface area contributed by atoms with E-state index in [1.807, 2.05) is 0 Å². The molecule has 0 spiro atoms. The smallest absolute Gasteiger partial charge is 0.242 e. The van der Waals surface area contributed by atoms with E-state index < -0.39 is 10.0 Å². The first-order chi connectivity index (χ1) is 14.2. The molecular weight excluding hydrogens is 408 g/mol. The minimum absolute atomic E-state index is 0.0977. The summed E-state index contributed by atoms with van der Waals surface area (Å²) in [5, 5.41) is 2.75. The van der Waals surface area contributed by atoms with Crippen molar-refractivity contribution in [3.05, 3.63) is 48.0 Å². The molecule has 0 saturated heterocycles. The van der Waals surface area contributed by atoms with E-state index in [2.05, 4.69) is 5.32 Å². The van der Waals surface area contributed by atoms with Gasteiger partial charge in [0.25, 0.3) is 0 Å². The van der Waals surface area contributed by atoms with E-state index in [0.717, 1.165) is 0 Å². The maximum Gasteiger partial charge on any atom is 0.242 e. The highest BCUT2D eigenvalue weighted by Gasteiger charge is 2.21. The second-order valence-electron chi connectivity index (χ2n) is 6.63. The number of hydrogen-bond acceptors (Lipinski definition) is 6. The first-order valence-corrected chi connectivity index (χ1v) is 10.7. The number of carbonyl (C=O) groups excluding carboxylic acids is 2. The van der Waals surface area contributed by atoms with Gasteiger partial charge in [0.2, 0.25) is 15.9 Å². The zero-order chi connectivity index (χ0) is 22.3. The van der Waals surface area contributed by atoms with E-state index in [4.69, 9.17) is 9.47 Å². The molecule has 0 heterocycles. The molecule has 9 heteroatoms. The molecule has 0 aliphatic carbocycles. The lowest BCUT2D eigenvalue weighted by molar-refractivity contribution is -0.116. The molecule has 1 N–H and O–H groups in total. The summed E-state index contributed by atoms with van der Waals surface area (Å²) in [6.45, 7) is 1.58. The fourth-order valence-corrected chi connectivity index (χ4v) is 3.96. The van der Waals surface area contributed by atoms with Crippen molar-refractivity contribution in [2.45, 2.75) is 24.7 Å². The molecule has 0 aromatic heterocycles. The van der Waals surface area contributed by atoms with Crippen molar-refractivity contribution >= 4 is 27.4 Å². The van der Waals surface area contributed by atoms with Crippen LogP contribution in [0.15, 0.2) is 47.4 Å². The fraction of sp³-hybridized carbons (Fsp3) is 0.333. The molecule has 0 aliphatic heterocycles. The number of hydrogen-bond donors (Lipinski definition) is 1. The first-order valence-electron chi connectivity index (χ1n) is 9.28. The van der Waals surface area contributed by atoms with Crippen LogP contribution in [-0.2, 0) is 14.8 Å². The van der Waals surface area contributed by atoms with Gasteiger partial charge in [0, 0.05) is 31.6 Å². The second-order valence-corrected chi connectivity index (χ2v) is 8.67. The molecule has 2 aromatic rings. The quantitative estimate of drug-likeness (QED) is 0.577.